The number of hydrazine groups is 1. The summed E-state index contributed by atoms with van der Waals surface area (Å²) in [5.41, 5.74) is 5.43. The first-order valence-corrected chi connectivity index (χ1v) is 7.46. The van der Waals surface area contributed by atoms with Gasteiger partial charge in [0.05, 0.1) is 11.1 Å². The third kappa shape index (κ3) is 4.29. The molecule has 0 radical (unpaired) electrons. The lowest BCUT2D eigenvalue weighted by Gasteiger charge is -2.20. The standard InChI is InChI=1S/C16H21N3O4/c1-16(2,3)23-15(22)18-17-9-6-10-19-13(20)11-7-4-5-8-12(11)14(19)21/h4-5,7-8,17H,6,9-10H2,1-3H3,(H,18,22). The summed E-state index contributed by atoms with van der Waals surface area (Å²) in [6, 6.07) is 6.77. The van der Waals surface area contributed by atoms with Gasteiger partial charge in [-0.1, -0.05) is 12.1 Å². The molecule has 7 nitrogen and oxygen atoms in total. The van der Waals surface area contributed by atoms with Crippen LogP contribution in [0.2, 0.25) is 0 Å². The lowest BCUT2D eigenvalue weighted by atomic mass is 10.1. The minimum atomic E-state index is -0.571. The van der Waals surface area contributed by atoms with Gasteiger partial charge in [-0.3, -0.25) is 19.9 Å². The van der Waals surface area contributed by atoms with Crippen LogP contribution in [0.25, 0.3) is 0 Å². The molecule has 23 heavy (non-hydrogen) atoms. The van der Waals surface area contributed by atoms with Crippen molar-refractivity contribution in [3.8, 4) is 0 Å². The summed E-state index contributed by atoms with van der Waals surface area (Å²) in [6.07, 6.45) is -0.0559. The van der Waals surface area contributed by atoms with Gasteiger partial charge in [-0.15, -0.1) is 0 Å². The molecule has 0 unspecified atom stereocenters. The van der Waals surface area contributed by atoms with E-state index in [1.165, 1.54) is 4.90 Å². The van der Waals surface area contributed by atoms with Crippen LogP contribution in [0.3, 0.4) is 0 Å². The highest BCUT2D eigenvalue weighted by atomic mass is 16.6. The van der Waals surface area contributed by atoms with Crippen LogP contribution < -0.4 is 10.9 Å². The van der Waals surface area contributed by atoms with Gasteiger partial charge in [0, 0.05) is 13.1 Å². The average Bonchev–Trinajstić information content (AvgIpc) is 2.70. The van der Waals surface area contributed by atoms with E-state index in [-0.39, 0.29) is 18.4 Å². The van der Waals surface area contributed by atoms with E-state index in [4.69, 9.17) is 4.74 Å². The molecule has 0 bridgehead atoms. The SMILES string of the molecule is CC(C)(C)OC(=O)NNCCCN1C(=O)c2ccccc2C1=O. The molecule has 2 rings (SSSR count). The zero-order valence-electron chi connectivity index (χ0n) is 13.5. The largest absolute Gasteiger partial charge is 0.443 e. The smallest absolute Gasteiger partial charge is 0.422 e. The molecule has 124 valence electrons. The first-order chi connectivity index (χ1) is 10.8. The summed E-state index contributed by atoms with van der Waals surface area (Å²) in [5.74, 6) is -0.545. The van der Waals surface area contributed by atoms with Crippen molar-refractivity contribution in [2.45, 2.75) is 32.8 Å². The Labute approximate surface area is 135 Å². The third-order valence-electron chi connectivity index (χ3n) is 3.15. The molecule has 0 spiro atoms. The molecule has 0 aliphatic carbocycles. The minimum Gasteiger partial charge on any atom is -0.443 e. The molecular formula is C16H21N3O4. The first kappa shape index (κ1) is 17.0. The Hall–Kier alpha value is -2.41. The Kier molecular flexibility index (Phi) is 5.00. The Morgan fingerprint density at radius 3 is 2.22 bits per heavy atom. The molecule has 0 atom stereocenters. The van der Waals surface area contributed by atoms with E-state index in [9.17, 15) is 14.4 Å². The van der Waals surface area contributed by atoms with Crippen molar-refractivity contribution >= 4 is 17.9 Å². The first-order valence-electron chi connectivity index (χ1n) is 7.46. The number of fused-ring (bicyclic) bond motifs is 1. The topological polar surface area (TPSA) is 87.7 Å². The van der Waals surface area contributed by atoms with Gasteiger partial charge in [-0.25, -0.2) is 10.2 Å². The second-order valence-corrected chi connectivity index (χ2v) is 6.21. The number of carbonyl (C=O) groups is 3. The molecule has 1 heterocycles. The predicted octanol–water partition coefficient (Wildman–Crippen LogP) is 1.70. The number of rotatable bonds is 5. The van der Waals surface area contributed by atoms with E-state index >= 15 is 0 Å². The fourth-order valence-electron chi connectivity index (χ4n) is 2.21. The molecule has 2 N–H and O–H groups in total. The van der Waals surface area contributed by atoms with Crippen LogP contribution in [0.4, 0.5) is 4.79 Å². The predicted molar refractivity (Wildman–Crippen MR) is 83.8 cm³/mol. The molecule has 0 saturated carbocycles. The van der Waals surface area contributed by atoms with Crippen molar-refractivity contribution in [2.75, 3.05) is 13.1 Å². The Bertz CT molecular complexity index is 587. The number of imide groups is 1. The zero-order valence-corrected chi connectivity index (χ0v) is 13.5. The second-order valence-electron chi connectivity index (χ2n) is 6.21. The normalized spacial score (nSPS) is 14.0. The fraction of sp³-hybridized carbons (Fsp3) is 0.438. The molecule has 0 fully saturated rings. The summed E-state index contributed by atoms with van der Waals surface area (Å²) in [4.78, 5) is 36.9. The number of ether oxygens (including phenoxy) is 1. The number of amides is 3. The lowest BCUT2D eigenvalue weighted by molar-refractivity contribution is 0.0493. The van der Waals surface area contributed by atoms with Gasteiger partial charge in [0.15, 0.2) is 0 Å². The van der Waals surface area contributed by atoms with Crippen molar-refractivity contribution in [2.24, 2.45) is 0 Å². The molecule has 1 aromatic carbocycles. The summed E-state index contributed by atoms with van der Waals surface area (Å²) in [5, 5.41) is 0. The monoisotopic (exact) mass is 319 g/mol. The van der Waals surface area contributed by atoms with Crippen LogP contribution in [0.1, 0.15) is 47.9 Å². The summed E-state index contributed by atoms with van der Waals surface area (Å²) in [7, 11) is 0. The van der Waals surface area contributed by atoms with Crippen molar-refractivity contribution < 1.29 is 19.1 Å². The van der Waals surface area contributed by atoms with Crippen LogP contribution in [-0.2, 0) is 4.74 Å². The fourth-order valence-corrected chi connectivity index (χ4v) is 2.21. The van der Waals surface area contributed by atoms with Gasteiger partial charge in [0.25, 0.3) is 11.8 Å². The number of hydrogen-bond acceptors (Lipinski definition) is 5. The maximum Gasteiger partial charge on any atom is 0.422 e. The van der Waals surface area contributed by atoms with Crippen LogP contribution in [-0.4, -0.2) is 41.5 Å². The van der Waals surface area contributed by atoms with Crippen LogP contribution in [0.15, 0.2) is 24.3 Å². The van der Waals surface area contributed by atoms with Crippen molar-refractivity contribution in [1.82, 2.24) is 15.8 Å². The number of hydrogen-bond donors (Lipinski definition) is 2. The van der Waals surface area contributed by atoms with E-state index < -0.39 is 11.7 Å². The summed E-state index contributed by atoms with van der Waals surface area (Å²) in [6.45, 7) is 6.01. The zero-order chi connectivity index (χ0) is 17.0. The van der Waals surface area contributed by atoms with Crippen LogP contribution in [0.5, 0.6) is 0 Å². The van der Waals surface area contributed by atoms with Gasteiger partial charge in [0.1, 0.15) is 5.60 Å². The van der Waals surface area contributed by atoms with Crippen LogP contribution in [0, 0.1) is 0 Å². The van der Waals surface area contributed by atoms with Crippen LogP contribution >= 0.6 is 0 Å². The second kappa shape index (κ2) is 6.78. The van der Waals surface area contributed by atoms with Gasteiger partial charge in [-0.05, 0) is 39.3 Å². The van der Waals surface area contributed by atoms with E-state index in [1.807, 2.05) is 0 Å². The van der Waals surface area contributed by atoms with E-state index in [0.29, 0.717) is 24.1 Å². The van der Waals surface area contributed by atoms with Crippen molar-refractivity contribution in [3.63, 3.8) is 0 Å². The van der Waals surface area contributed by atoms with Gasteiger partial charge >= 0.3 is 6.09 Å². The minimum absolute atomic E-state index is 0.272. The van der Waals surface area contributed by atoms with Gasteiger partial charge in [-0.2, -0.15) is 0 Å². The maximum atomic E-state index is 12.1. The molecule has 7 heteroatoms. The number of benzene rings is 1. The quantitative estimate of drug-likeness (QED) is 0.490. The number of nitrogens with zero attached hydrogens (tertiary/aromatic N) is 1. The Morgan fingerprint density at radius 1 is 1.13 bits per heavy atom. The Morgan fingerprint density at radius 2 is 1.70 bits per heavy atom. The van der Waals surface area contributed by atoms with E-state index in [0.717, 1.165) is 0 Å². The van der Waals surface area contributed by atoms with Gasteiger partial charge < -0.3 is 4.74 Å². The molecule has 3 amide bonds. The molecule has 0 saturated heterocycles. The summed E-state index contributed by atoms with van der Waals surface area (Å²) >= 11 is 0. The average molecular weight is 319 g/mol. The molecule has 1 aliphatic heterocycles. The highest BCUT2D eigenvalue weighted by molar-refractivity contribution is 6.21. The molecule has 1 aliphatic rings. The molecule has 1 aromatic rings. The van der Waals surface area contributed by atoms with Gasteiger partial charge in [0.2, 0.25) is 0 Å². The maximum absolute atomic E-state index is 12.1. The molecule has 0 aromatic heterocycles. The molecular weight excluding hydrogens is 298 g/mol. The Balaban J connectivity index is 1.73. The number of nitrogens with one attached hydrogen (secondary N) is 2. The van der Waals surface area contributed by atoms with E-state index in [2.05, 4.69) is 10.9 Å². The highest BCUT2D eigenvalue weighted by Crippen LogP contribution is 2.22. The third-order valence-corrected chi connectivity index (χ3v) is 3.15. The van der Waals surface area contributed by atoms with Crippen molar-refractivity contribution in [1.29, 1.82) is 0 Å². The summed E-state index contributed by atoms with van der Waals surface area (Å²) < 4.78 is 5.06. The lowest BCUT2D eigenvalue weighted by Crippen LogP contribution is -2.42. The highest BCUT2D eigenvalue weighted by Gasteiger charge is 2.34. The van der Waals surface area contributed by atoms with E-state index in [1.54, 1.807) is 45.0 Å². The number of carbonyl (C=O) groups excluding carboxylic acids is 3. The van der Waals surface area contributed by atoms with Crippen molar-refractivity contribution in [3.05, 3.63) is 35.4 Å².